The molecule has 0 unspecified atom stereocenters. The smallest absolute Gasteiger partial charge is 0.274 e. The molecule has 1 N–H and O–H groups in total. The van der Waals surface area contributed by atoms with Crippen LogP contribution in [-0.4, -0.2) is 15.7 Å². The van der Waals surface area contributed by atoms with Crippen LogP contribution in [0.4, 0.5) is 0 Å². The van der Waals surface area contributed by atoms with Crippen LogP contribution in [0.3, 0.4) is 0 Å². The summed E-state index contributed by atoms with van der Waals surface area (Å²) < 4.78 is 1.55. The maximum atomic E-state index is 12.2. The monoisotopic (exact) mass is 314 g/mol. The van der Waals surface area contributed by atoms with Gasteiger partial charge in [-0.1, -0.05) is 34.1 Å². The van der Waals surface area contributed by atoms with Crippen LogP contribution in [0.1, 0.15) is 11.3 Å². The Hall–Kier alpha value is -1.00. The van der Waals surface area contributed by atoms with Gasteiger partial charge in [0.15, 0.2) is 0 Å². The molecule has 0 amide bonds. The highest BCUT2D eigenvalue weighted by atomic mass is 79.9. The molecule has 2 rings (SSSR count). The van der Waals surface area contributed by atoms with E-state index < -0.39 is 0 Å². The number of nitrogens with one attached hydrogen (secondary N) is 1. The molecule has 0 aliphatic carbocycles. The summed E-state index contributed by atoms with van der Waals surface area (Å²) in [6, 6.07) is 9.50. The van der Waals surface area contributed by atoms with Crippen LogP contribution in [0.5, 0.6) is 0 Å². The number of H-pyrrole nitrogens is 1. The Morgan fingerprint density at radius 3 is 2.59 bits per heavy atom. The van der Waals surface area contributed by atoms with E-state index in [9.17, 15) is 4.79 Å². The van der Waals surface area contributed by atoms with Crippen LogP contribution in [0, 0.1) is 0 Å². The first-order chi connectivity index (χ1) is 8.27. The fourth-order valence-corrected chi connectivity index (χ4v) is 2.39. The first-order valence-electron chi connectivity index (χ1n) is 5.28. The van der Waals surface area contributed by atoms with Gasteiger partial charge in [-0.2, -0.15) is 0 Å². The van der Waals surface area contributed by atoms with Gasteiger partial charge in [-0.3, -0.25) is 9.89 Å². The minimum absolute atomic E-state index is 0.0219. The van der Waals surface area contributed by atoms with E-state index in [1.54, 1.807) is 4.68 Å². The number of halogens is 2. The van der Waals surface area contributed by atoms with Crippen molar-refractivity contribution in [1.82, 2.24) is 9.78 Å². The zero-order chi connectivity index (χ0) is 12.3. The molecule has 90 valence electrons. The van der Waals surface area contributed by atoms with Crippen molar-refractivity contribution in [1.29, 1.82) is 0 Å². The molecule has 0 radical (unpaired) electrons. The van der Waals surface area contributed by atoms with Crippen molar-refractivity contribution in [2.45, 2.75) is 11.8 Å². The van der Waals surface area contributed by atoms with E-state index in [-0.39, 0.29) is 5.56 Å². The fourth-order valence-electron chi connectivity index (χ4n) is 1.74. The van der Waals surface area contributed by atoms with E-state index >= 15 is 0 Å². The zero-order valence-electron chi connectivity index (χ0n) is 9.12. The Labute approximate surface area is 113 Å². The van der Waals surface area contributed by atoms with E-state index in [0.29, 0.717) is 17.6 Å². The van der Waals surface area contributed by atoms with Crippen LogP contribution in [0.2, 0.25) is 0 Å². The van der Waals surface area contributed by atoms with Crippen molar-refractivity contribution < 1.29 is 0 Å². The van der Waals surface area contributed by atoms with Crippen molar-refractivity contribution >= 4 is 27.5 Å². The van der Waals surface area contributed by atoms with Gasteiger partial charge in [0.05, 0.1) is 11.4 Å². The first-order valence-corrected chi connectivity index (χ1v) is 6.93. The third kappa shape index (κ3) is 2.48. The van der Waals surface area contributed by atoms with Gasteiger partial charge < -0.3 is 0 Å². The summed E-state index contributed by atoms with van der Waals surface area (Å²) >= 11 is 9.09. The summed E-state index contributed by atoms with van der Waals surface area (Å²) in [6.07, 6.45) is 0.581. The molecule has 1 aromatic carbocycles. The van der Waals surface area contributed by atoms with Crippen LogP contribution in [0.25, 0.3) is 5.69 Å². The Morgan fingerprint density at radius 2 is 2.00 bits per heavy atom. The average Bonchev–Trinajstić information content (AvgIpc) is 2.69. The molecule has 0 aliphatic rings. The van der Waals surface area contributed by atoms with Crippen LogP contribution in [0.15, 0.2) is 35.1 Å². The summed E-state index contributed by atoms with van der Waals surface area (Å²) in [4.78, 5) is 12.2. The summed E-state index contributed by atoms with van der Waals surface area (Å²) in [5, 5.41) is 3.72. The third-order valence-corrected chi connectivity index (χ3v) is 3.31. The van der Waals surface area contributed by atoms with Gasteiger partial charge >= 0.3 is 0 Å². The van der Waals surface area contributed by atoms with E-state index in [1.165, 1.54) is 0 Å². The topological polar surface area (TPSA) is 37.8 Å². The van der Waals surface area contributed by atoms with E-state index in [2.05, 4.69) is 21.0 Å². The average molecular weight is 316 g/mol. The highest BCUT2D eigenvalue weighted by Crippen LogP contribution is 2.11. The Bertz CT molecular complexity index is 547. The molecule has 0 saturated carbocycles. The van der Waals surface area contributed by atoms with Crippen LogP contribution < -0.4 is 5.56 Å². The number of benzene rings is 1. The second kappa shape index (κ2) is 5.56. The van der Waals surface area contributed by atoms with Crippen LogP contribution in [-0.2, 0) is 11.8 Å². The van der Waals surface area contributed by atoms with Gasteiger partial charge in [-0.05, 0) is 18.6 Å². The molecule has 3 nitrogen and oxygen atoms in total. The lowest BCUT2D eigenvalue weighted by Crippen LogP contribution is -2.17. The van der Waals surface area contributed by atoms with Crippen molar-refractivity contribution in [3.63, 3.8) is 0 Å². The van der Waals surface area contributed by atoms with E-state index in [0.717, 1.165) is 16.9 Å². The van der Waals surface area contributed by atoms with Crippen molar-refractivity contribution in [2.24, 2.45) is 0 Å². The normalized spacial score (nSPS) is 10.7. The molecule has 1 heterocycles. The van der Waals surface area contributed by atoms with E-state index in [1.807, 2.05) is 30.3 Å². The number of aromatic nitrogens is 2. The molecule has 17 heavy (non-hydrogen) atoms. The molecular weight excluding hydrogens is 304 g/mol. The predicted octanol–water partition coefficient (Wildman–Crippen LogP) is 2.84. The molecule has 0 saturated heterocycles. The molecule has 0 bridgehead atoms. The number of alkyl halides is 2. The second-order valence-electron chi connectivity index (χ2n) is 3.62. The quantitative estimate of drug-likeness (QED) is 0.866. The SMILES string of the molecule is O=c1c(CCCl)c(CBr)[nH]n1-c1ccccc1. The third-order valence-electron chi connectivity index (χ3n) is 2.56. The fraction of sp³-hybridized carbons (Fsp3) is 0.250. The zero-order valence-corrected chi connectivity index (χ0v) is 11.5. The summed E-state index contributed by atoms with van der Waals surface area (Å²) in [7, 11) is 0. The minimum atomic E-state index is -0.0219. The minimum Gasteiger partial charge on any atom is -0.294 e. The van der Waals surface area contributed by atoms with Crippen molar-refractivity contribution in [3.8, 4) is 5.69 Å². The Balaban J connectivity index is 2.53. The van der Waals surface area contributed by atoms with Gasteiger partial charge in [-0.15, -0.1) is 11.6 Å². The number of hydrogen-bond donors (Lipinski definition) is 1. The molecule has 0 aliphatic heterocycles. The maximum Gasteiger partial charge on any atom is 0.274 e. The number of aromatic amines is 1. The molecule has 0 spiro atoms. The highest BCUT2D eigenvalue weighted by Gasteiger charge is 2.13. The lowest BCUT2D eigenvalue weighted by Gasteiger charge is -1.99. The van der Waals surface area contributed by atoms with Crippen LogP contribution >= 0.6 is 27.5 Å². The van der Waals surface area contributed by atoms with Gasteiger partial charge in [0.25, 0.3) is 5.56 Å². The Kier molecular flexibility index (Phi) is 4.07. The van der Waals surface area contributed by atoms with Gasteiger partial charge in [0.2, 0.25) is 0 Å². The summed E-state index contributed by atoms with van der Waals surface area (Å²) in [5.41, 5.74) is 2.45. The Morgan fingerprint density at radius 1 is 1.29 bits per heavy atom. The number of hydrogen-bond acceptors (Lipinski definition) is 1. The lowest BCUT2D eigenvalue weighted by molar-refractivity contribution is 0.833. The van der Waals surface area contributed by atoms with Gasteiger partial charge in [0, 0.05) is 16.8 Å². The molecule has 2 aromatic rings. The number of nitrogens with zero attached hydrogens (tertiary/aromatic N) is 1. The number of para-hydroxylation sites is 1. The molecule has 0 fully saturated rings. The molecule has 1 aromatic heterocycles. The largest absolute Gasteiger partial charge is 0.294 e. The standard InChI is InChI=1S/C12H12BrClN2O/c13-8-11-10(6-7-14)12(17)16(15-11)9-4-2-1-3-5-9/h1-5,15H,6-8H2. The second-order valence-corrected chi connectivity index (χ2v) is 4.56. The van der Waals surface area contributed by atoms with Crippen molar-refractivity contribution in [3.05, 3.63) is 51.9 Å². The van der Waals surface area contributed by atoms with Crippen molar-refractivity contribution in [2.75, 3.05) is 5.88 Å². The number of rotatable bonds is 4. The molecular formula is C12H12BrClN2O. The van der Waals surface area contributed by atoms with Gasteiger partial charge in [0.1, 0.15) is 0 Å². The highest BCUT2D eigenvalue weighted by molar-refractivity contribution is 9.08. The molecule has 5 heteroatoms. The lowest BCUT2D eigenvalue weighted by atomic mass is 10.2. The summed E-state index contributed by atoms with van der Waals surface area (Å²) in [6.45, 7) is 0. The van der Waals surface area contributed by atoms with Gasteiger partial charge in [-0.25, -0.2) is 4.68 Å². The first kappa shape index (κ1) is 12.5. The summed E-state index contributed by atoms with van der Waals surface area (Å²) in [5.74, 6) is 0.446. The molecule has 0 atom stereocenters. The predicted molar refractivity (Wildman–Crippen MR) is 73.4 cm³/mol. The maximum absolute atomic E-state index is 12.2. The van der Waals surface area contributed by atoms with E-state index in [4.69, 9.17) is 11.6 Å².